The lowest BCUT2D eigenvalue weighted by Crippen LogP contribution is -2.42. The Balaban J connectivity index is 1.60. The minimum absolute atomic E-state index is 0.129. The number of likely N-dealkylation sites (tertiary alicyclic amines) is 1. The van der Waals surface area contributed by atoms with Crippen LogP contribution < -0.4 is 5.32 Å². The Hall–Kier alpha value is -2.11. The molecule has 1 heterocycles. The molecular formula is C16H22N4O2. The van der Waals surface area contributed by atoms with Crippen molar-refractivity contribution in [3.8, 4) is 0 Å². The van der Waals surface area contributed by atoms with Crippen molar-refractivity contribution in [1.82, 2.24) is 10.2 Å². The van der Waals surface area contributed by atoms with Gasteiger partial charge in [0.05, 0.1) is 4.92 Å². The number of nitro groups is 1. The van der Waals surface area contributed by atoms with Crippen molar-refractivity contribution < 1.29 is 4.92 Å². The summed E-state index contributed by atoms with van der Waals surface area (Å²) in [4.78, 5) is 17.1. The van der Waals surface area contributed by atoms with E-state index >= 15 is 0 Å². The summed E-state index contributed by atoms with van der Waals surface area (Å²) in [7, 11) is 1.79. The first kappa shape index (κ1) is 14.8. The zero-order chi connectivity index (χ0) is 15.6. The smallest absolute Gasteiger partial charge is 0.269 e. The van der Waals surface area contributed by atoms with Crippen LogP contribution in [-0.2, 0) is 6.54 Å². The van der Waals surface area contributed by atoms with E-state index in [2.05, 4.69) is 15.2 Å². The van der Waals surface area contributed by atoms with Gasteiger partial charge in [-0.25, -0.2) is 0 Å². The monoisotopic (exact) mass is 302 g/mol. The van der Waals surface area contributed by atoms with Crippen LogP contribution in [0.25, 0.3) is 0 Å². The van der Waals surface area contributed by atoms with Gasteiger partial charge in [-0.05, 0) is 30.2 Å². The molecule has 1 aromatic rings. The number of nitro benzene ring substituents is 1. The van der Waals surface area contributed by atoms with Gasteiger partial charge < -0.3 is 10.2 Å². The molecule has 0 radical (unpaired) electrons. The largest absolute Gasteiger partial charge is 0.352 e. The Labute approximate surface area is 130 Å². The van der Waals surface area contributed by atoms with E-state index in [1.165, 1.54) is 31.7 Å². The van der Waals surface area contributed by atoms with E-state index in [9.17, 15) is 10.1 Å². The van der Waals surface area contributed by atoms with Crippen molar-refractivity contribution in [2.45, 2.75) is 32.2 Å². The minimum atomic E-state index is -0.362. The third-order valence-corrected chi connectivity index (χ3v) is 4.94. The van der Waals surface area contributed by atoms with Gasteiger partial charge in [0.25, 0.3) is 5.69 Å². The molecule has 0 unspecified atom stereocenters. The number of non-ortho nitro benzene ring substituents is 1. The van der Waals surface area contributed by atoms with Gasteiger partial charge in [-0.2, -0.15) is 0 Å². The predicted molar refractivity (Wildman–Crippen MR) is 85.8 cm³/mol. The predicted octanol–water partition coefficient (Wildman–Crippen LogP) is 2.55. The topological polar surface area (TPSA) is 70.8 Å². The number of hydrogen-bond donors (Lipinski definition) is 1. The van der Waals surface area contributed by atoms with Gasteiger partial charge in [-0.15, -0.1) is 0 Å². The van der Waals surface area contributed by atoms with E-state index in [1.54, 1.807) is 19.2 Å². The van der Waals surface area contributed by atoms with Gasteiger partial charge in [0, 0.05) is 38.8 Å². The molecule has 1 saturated heterocycles. The Kier molecular flexibility index (Phi) is 4.00. The molecule has 6 heteroatoms. The number of benzene rings is 1. The molecule has 3 rings (SSSR count). The maximum Gasteiger partial charge on any atom is 0.269 e. The van der Waals surface area contributed by atoms with Gasteiger partial charge in [0.15, 0.2) is 5.96 Å². The molecule has 1 aliphatic carbocycles. The number of guanidine groups is 1. The van der Waals surface area contributed by atoms with Crippen molar-refractivity contribution in [2.24, 2.45) is 10.4 Å². The fourth-order valence-electron chi connectivity index (χ4n) is 3.49. The molecule has 1 aliphatic heterocycles. The fraction of sp³-hybridized carbons (Fsp3) is 0.562. The van der Waals surface area contributed by atoms with Gasteiger partial charge in [-0.3, -0.25) is 15.1 Å². The average molecular weight is 302 g/mol. The zero-order valence-corrected chi connectivity index (χ0v) is 12.9. The molecule has 0 aromatic heterocycles. The lowest BCUT2D eigenvalue weighted by molar-refractivity contribution is -0.384. The summed E-state index contributed by atoms with van der Waals surface area (Å²) in [6, 6.07) is 6.73. The Morgan fingerprint density at radius 3 is 2.86 bits per heavy atom. The molecule has 2 fully saturated rings. The standard InChI is InChI=1S/C16H22N4O2/c1-17-15(19-9-8-16(12-19)6-3-7-16)18-11-13-4-2-5-14(10-13)20(21)22/h2,4-5,10H,3,6-9,11-12H2,1H3,(H,17,18). The highest BCUT2D eigenvalue weighted by Gasteiger charge is 2.43. The first-order valence-electron chi connectivity index (χ1n) is 7.81. The van der Waals surface area contributed by atoms with Crippen LogP contribution >= 0.6 is 0 Å². The lowest BCUT2D eigenvalue weighted by atomic mass is 9.68. The molecule has 0 atom stereocenters. The SMILES string of the molecule is CN=C(NCc1cccc([N+](=O)[O-])c1)N1CCC2(CCC2)C1. The number of aliphatic imine (C=N–C) groups is 1. The lowest BCUT2D eigenvalue weighted by Gasteiger charge is -2.38. The van der Waals surface area contributed by atoms with Gasteiger partial charge in [0.2, 0.25) is 0 Å². The fourth-order valence-corrected chi connectivity index (χ4v) is 3.49. The first-order valence-corrected chi connectivity index (χ1v) is 7.81. The quantitative estimate of drug-likeness (QED) is 0.403. The Bertz CT molecular complexity index is 596. The third kappa shape index (κ3) is 2.91. The van der Waals surface area contributed by atoms with E-state index in [4.69, 9.17) is 0 Å². The molecule has 118 valence electrons. The molecular weight excluding hydrogens is 280 g/mol. The van der Waals surface area contributed by atoms with Crippen molar-refractivity contribution in [1.29, 1.82) is 0 Å². The summed E-state index contributed by atoms with van der Waals surface area (Å²) < 4.78 is 0. The molecule has 1 spiro atoms. The maximum atomic E-state index is 10.8. The van der Waals surface area contributed by atoms with E-state index in [0.29, 0.717) is 12.0 Å². The Morgan fingerprint density at radius 2 is 2.27 bits per heavy atom. The van der Waals surface area contributed by atoms with Crippen LogP contribution in [-0.4, -0.2) is 35.9 Å². The summed E-state index contributed by atoms with van der Waals surface area (Å²) in [5, 5.41) is 14.2. The summed E-state index contributed by atoms with van der Waals surface area (Å²) in [5.41, 5.74) is 1.56. The molecule has 1 aromatic carbocycles. The highest BCUT2D eigenvalue weighted by Crippen LogP contribution is 2.47. The van der Waals surface area contributed by atoms with Crippen LogP contribution in [0.4, 0.5) is 5.69 Å². The second-order valence-electron chi connectivity index (χ2n) is 6.35. The van der Waals surface area contributed by atoms with Crippen molar-refractivity contribution in [3.63, 3.8) is 0 Å². The highest BCUT2D eigenvalue weighted by molar-refractivity contribution is 5.80. The van der Waals surface area contributed by atoms with E-state index < -0.39 is 0 Å². The van der Waals surface area contributed by atoms with Crippen LogP contribution in [0.5, 0.6) is 0 Å². The van der Waals surface area contributed by atoms with Crippen molar-refractivity contribution in [3.05, 3.63) is 39.9 Å². The average Bonchev–Trinajstić information content (AvgIpc) is 2.94. The third-order valence-electron chi connectivity index (χ3n) is 4.94. The first-order chi connectivity index (χ1) is 10.6. The summed E-state index contributed by atoms with van der Waals surface area (Å²) in [6.07, 6.45) is 5.29. The van der Waals surface area contributed by atoms with E-state index in [-0.39, 0.29) is 10.6 Å². The van der Waals surface area contributed by atoms with Crippen LogP contribution in [0.2, 0.25) is 0 Å². The molecule has 22 heavy (non-hydrogen) atoms. The molecule has 0 bridgehead atoms. The summed E-state index contributed by atoms with van der Waals surface area (Å²) in [6.45, 7) is 2.69. The highest BCUT2D eigenvalue weighted by atomic mass is 16.6. The van der Waals surface area contributed by atoms with Crippen LogP contribution in [0.1, 0.15) is 31.2 Å². The van der Waals surface area contributed by atoms with Crippen molar-refractivity contribution in [2.75, 3.05) is 20.1 Å². The van der Waals surface area contributed by atoms with E-state index in [0.717, 1.165) is 24.6 Å². The molecule has 6 nitrogen and oxygen atoms in total. The summed E-state index contributed by atoms with van der Waals surface area (Å²) >= 11 is 0. The molecule has 2 aliphatic rings. The van der Waals surface area contributed by atoms with E-state index in [1.807, 2.05) is 6.07 Å². The van der Waals surface area contributed by atoms with Crippen LogP contribution in [0.3, 0.4) is 0 Å². The van der Waals surface area contributed by atoms with Gasteiger partial charge in [0.1, 0.15) is 0 Å². The van der Waals surface area contributed by atoms with Crippen LogP contribution in [0.15, 0.2) is 29.3 Å². The molecule has 1 N–H and O–H groups in total. The molecule has 1 saturated carbocycles. The van der Waals surface area contributed by atoms with Crippen LogP contribution in [0, 0.1) is 15.5 Å². The zero-order valence-electron chi connectivity index (χ0n) is 12.9. The number of nitrogens with one attached hydrogen (secondary N) is 1. The van der Waals surface area contributed by atoms with Gasteiger partial charge >= 0.3 is 0 Å². The Morgan fingerprint density at radius 1 is 1.45 bits per heavy atom. The minimum Gasteiger partial charge on any atom is -0.352 e. The van der Waals surface area contributed by atoms with Gasteiger partial charge in [-0.1, -0.05) is 18.6 Å². The summed E-state index contributed by atoms with van der Waals surface area (Å²) in [5.74, 6) is 0.898. The normalized spacial score (nSPS) is 20.0. The molecule has 0 amide bonds. The van der Waals surface area contributed by atoms with Crippen molar-refractivity contribution >= 4 is 11.6 Å². The number of hydrogen-bond acceptors (Lipinski definition) is 3. The maximum absolute atomic E-state index is 10.8. The number of nitrogens with zero attached hydrogens (tertiary/aromatic N) is 3. The number of rotatable bonds is 3. The second-order valence-corrected chi connectivity index (χ2v) is 6.35. The second kappa shape index (κ2) is 5.94.